The third-order valence-electron chi connectivity index (χ3n) is 4.03. The van der Waals surface area contributed by atoms with Crippen molar-refractivity contribution in [2.24, 2.45) is 0 Å². The molecular weight excluding hydrogens is 226 g/mol. The molecule has 2 N–H and O–H groups in total. The van der Waals surface area contributed by atoms with Gasteiger partial charge in [-0.15, -0.1) is 0 Å². The van der Waals surface area contributed by atoms with E-state index in [1.54, 1.807) is 0 Å². The Morgan fingerprint density at radius 3 is 3.06 bits per heavy atom. The van der Waals surface area contributed by atoms with Gasteiger partial charge in [-0.05, 0) is 37.5 Å². The zero-order valence-electron chi connectivity index (χ0n) is 10.9. The van der Waals surface area contributed by atoms with Gasteiger partial charge in [0.1, 0.15) is 5.60 Å². The van der Waals surface area contributed by atoms with Gasteiger partial charge >= 0.3 is 0 Å². The molecule has 2 heterocycles. The maximum Gasteiger partial charge on any atom is 0.107 e. The summed E-state index contributed by atoms with van der Waals surface area (Å²) in [7, 11) is 0. The number of aromatic nitrogens is 1. The minimum atomic E-state index is -0.381. The van der Waals surface area contributed by atoms with Crippen LogP contribution < -0.4 is 0 Å². The topological polar surface area (TPSA) is 45.2 Å². The van der Waals surface area contributed by atoms with Crippen molar-refractivity contribution in [2.45, 2.75) is 32.3 Å². The first-order chi connectivity index (χ1) is 8.65. The predicted octanol–water partition coefficient (Wildman–Crippen LogP) is 2.65. The van der Waals surface area contributed by atoms with Gasteiger partial charge in [0.2, 0.25) is 0 Å². The summed E-state index contributed by atoms with van der Waals surface area (Å²) in [5.41, 5.74) is 4.61. The van der Waals surface area contributed by atoms with Crippen LogP contribution in [0, 0.1) is 6.92 Å². The lowest BCUT2D eigenvalue weighted by atomic mass is 9.90. The van der Waals surface area contributed by atoms with Crippen LogP contribution in [0.3, 0.4) is 0 Å². The van der Waals surface area contributed by atoms with Gasteiger partial charge in [0.05, 0.1) is 12.3 Å². The van der Waals surface area contributed by atoms with E-state index >= 15 is 0 Å². The van der Waals surface area contributed by atoms with Crippen molar-refractivity contribution in [3.63, 3.8) is 0 Å². The third kappa shape index (κ3) is 1.58. The molecule has 18 heavy (non-hydrogen) atoms. The molecule has 3 nitrogen and oxygen atoms in total. The molecule has 1 unspecified atom stereocenters. The lowest BCUT2D eigenvalue weighted by Crippen LogP contribution is -2.33. The van der Waals surface area contributed by atoms with Crippen LogP contribution in [0.2, 0.25) is 0 Å². The van der Waals surface area contributed by atoms with Gasteiger partial charge in [-0.2, -0.15) is 0 Å². The first kappa shape index (κ1) is 11.8. The molecule has 2 aromatic rings. The highest BCUT2D eigenvalue weighted by atomic mass is 16.5. The predicted molar refractivity (Wildman–Crippen MR) is 71.7 cm³/mol. The highest BCUT2D eigenvalue weighted by Crippen LogP contribution is 2.39. The fraction of sp³-hybridized carbons (Fsp3) is 0.467. The minimum Gasteiger partial charge on any atom is -0.396 e. The highest BCUT2D eigenvalue weighted by molar-refractivity contribution is 5.88. The third-order valence-corrected chi connectivity index (χ3v) is 4.03. The Labute approximate surface area is 107 Å². The highest BCUT2D eigenvalue weighted by Gasteiger charge is 2.35. The fourth-order valence-electron chi connectivity index (χ4n) is 3.07. The van der Waals surface area contributed by atoms with Crippen LogP contribution in [0.25, 0.3) is 10.9 Å². The van der Waals surface area contributed by atoms with Crippen LogP contribution in [0.5, 0.6) is 0 Å². The van der Waals surface area contributed by atoms with Gasteiger partial charge < -0.3 is 14.8 Å². The Morgan fingerprint density at radius 2 is 2.28 bits per heavy atom. The van der Waals surface area contributed by atoms with Gasteiger partial charge in [0.15, 0.2) is 0 Å². The number of aryl methyl sites for hydroxylation is 1. The number of hydrogen-bond acceptors (Lipinski definition) is 2. The molecule has 1 atom stereocenters. The lowest BCUT2D eigenvalue weighted by Gasteiger charge is -2.33. The maximum atomic E-state index is 9.24. The number of fused-ring (bicyclic) bond motifs is 3. The number of benzene rings is 1. The summed E-state index contributed by atoms with van der Waals surface area (Å²) in [5.74, 6) is 0. The van der Waals surface area contributed by atoms with Crippen LogP contribution in [0.1, 0.15) is 30.2 Å². The van der Waals surface area contributed by atoms with E-state index in [0.29, 0.717) is 6.42 Å². The van der Waals surface area contributed by atoms with E-state index in [-0.39, 0.29) is 12.2 Å². The Kier molecular flexibility index (Phi) is 2.68. The van der Waals surface area contributed by atoms with Crippen LogP contribution in [-0.2, 0) is 16.8 Å². The van der Waals surface area contributed by atoms with Crippen LogP contribution in [-0.4, -0.2) is 23.3 Å². The molecule has 1 aromatic carbocycles. The SMILES string of the molecule is Cc1cccc2[nH]c3c(c12)CCOC3(C)CCO. The van der Waals surface area contributed by atoms with Crippen molar-refractivity contribution in [3.05, 3.63) is 35.0 Å². The van der Waals surface area contributed by atoms with E-state index in [2.05, 4.69) is 37.0 Å². The molecule has 1 aliphatic rings. The molecule has 1 aliphatic heterocycles. The molecule has 1 aromatic heterocycles. The minimum absolute atomic E-state index is 0.143. The monoisotopic (exact) mass is 245 g/mol. The van der Waals surface area contributed by atoms with Crippen LogP contribution in [0.4, 0.5) is 0 Å². The summed E-state index contributed by atoms with van der Waals surface area (Å²) in [6.45, 7) is 5.08. The molecule has 0 saturated heterocycles. The quantitative estimate of drug-likeness (QED) is 0.854. The van der Waals surface area contributed by atoms with Crippen molar-refractivity contribution in [2.75, 3.05) is 13.2 Å². The molecule has 96 valence electrons. The number of ether oxygens (including phenoxy) is 1. The average Bonchev–Trinajstić information content (AvgIpc) is 2.71. The molecule has 0 bridgehead atoms. The van der Waals surface area contributed by atoms with Gasteiger partial charge in [0, 0.05) is 23.9 Å². The number of aliphatic hydroxyl groups is 1. The molecule has 3 rings (SSSR count). The van der Waals surface area contributed by atoms with E-state index < -0.39 is 0 Å². The first-order valence-electron chi connectivity index (χ1n) is 6.51. The van der Waals surface area contributed by atoms with Crippen molar-refractivity contribution >= 4 is 10.9 Å². The number of rotatable bonds is 2. The normalized spacial score (nSPS) is 23.3. The molecule has 0 spiro atoms. The Morgan fingerprint density at radius 1 is 1.44 bits per heavy atom. The van der Waals surface area contributed by atoms with E-state index in [0.717, 1.165) is 18.7 Å². The molecule has 0 saturated carbocycles. The maximum absolute atomic E-state index is 9.24. The summed E-state index contributed by atoms with van der Waals surface area (Å²) in [5, 5.41) is 10.6. The molecular formula is C15H19NO2. The van der Waals surface area contributed by atoms with Gasteiger partial charge in [-0.25, -0.2) is 0 Å². The Bertz CT molecular complexity index is 587. The zero-order chi connectivity index (χ0) is 12.8. The van der Waals surface area contributed by atoms with E-state index in [1.165, 1.54) is 22.0 Å². The molecule has 3 heteroatoms. The van der Waals surface area contributed by atoms with Crippen molar-refractivity contribution in [3.8, 4) is 0 Å². The van der Waals surface area contributed by atoms with Crippen LogP contribution in [0.15, 0.2) is 18.2 Å². The largest absolute Gasteiger partial charge is 0.396 e. The van der Waals surface area contributed by atoms with Gasteiger partial charge in [-0.3, -0.25) is 0 Å². The van der Waals surface area contributed by atoms with Crippen molar-refractivity contribution in [1.82, 2.24) is 4.98 Å². The fourth-order valence-corrected chi connectivity index (χ4v) is 3.07. The summed E-state index contributed by atoms with van der Waals surface area (Å²) < 4.78 is 5.91. The van der Waals surface area contributed by atoms with E-state index in [1.807, 2.05) is 0 Å². The lowest BCUT2D eigenvalue weighted by molar-refractivity contribution is -0.0628. The van der Waals surface area contributed by atoms with Crippen LogP contribution >= 0.6 is 0 Å². The number of nitrogens with one attached hydrogen (secondary N) is 1. The molecule has 0 aliphatic carbocycles. The number of hydrogen-bond donors (Lipinski definition) is 2. The summed E-state index contributed by atoms with van der Waals surface area (Å²) in [6.07, 6.45) is 1.58. The number of aliphatic hydroxyl groups excluding tert-OH is 1. The summed E-state index contributed by atoms with van der Waals surface area (Å²) in [6, 6.07) is 6.33. The Balaban J connectivity index is 2.25. The number of H-pyrrole nitrogens is 1. The second-order valence-electron chi connectivity index (χ2n) is 5.28. The van der Waals surface area contributed by atoms with E-state index in [9.17, 15) is 5.11 Å². The van der Waals surface area contributed by atoms with Crippen molar-refractivity contribution in [1.29, 1.82) is 0 Å². The molecule has 0 fully saturated rings. The summed E-state index contributed by atoms with van der Waals surface area (Å²) in [4.78, 5) is 3.50. The Hall–Kier alpha value is -1.32. The van der Waals surface area contributed by atoms with Gasteiger partial charge in [0.25, 0.3) is 0 Å². The number of aromatic amines is 1. The van der Waals surface area contributed by atoms with Gasteiger partial charge in [-0.1, -0.05) is 12.1 Å². The average molecular weight is 245 g/mol. The molecule has 0 amide bonds. The molecule has 0 radical (unpaired) electrons. The smallest absolute Gasteiger partial charge is 0.107 e. The zero-order valence-corrected chi connectivity index (χ0v) is 10.9. The summed E-state index contributed by atoms with van der Waals surface area (Å²) >= 11 is 0. The van der Waals surface area contributed by atoms with Crippen molar-refractivity contribution < 1.29 is 9.84 Å². The first-order valence-corrected chi connectivity index (χ1v) is 6.51. The standard InChI is InChI=1S/C15H19NO2/c1-10-4-3-5-12-13(10)11-6-9-18-15(2,7-8-17)14(11)16-12/h3-5,16-17H,6-9H2,1-2H3. The second-order valence-corrected chi connectivity index (χ2v) is 5.28. The second kappa shape index (κ2) is 4.11. The van der Waals surface area contributed by atoms with E-state index in [4.69, 9.17) is 4.74 Å².